The van der Waals surface area contributed by atoms with Crippen molar-refractivity contribution in [3.05, 3.63) is 47.5 Å². The van der Waals surface area contributed by atoms with Crippen molar-refractivity contribution in [2.75, 3.05) is 20.5 Å². The standard InChI is InChI=1S/C20H22O6/c1-23-18-8-12(2-4-16(18)21)6-14-10-24-20(22)15(14)7-13-3-5-17-19(9-13)26-11-25-17/h2-5,8-9,14-15,20-22H,6-7,10-11H2,1H3/t14-,15+,20?/m0/s1. The molecule has 1 saturated heterocycles. The molecule has 4 rings (SSSR count). The van der Waals surface area contributed by atoms with Gasteiger partial charge in [0.25, 0.3) is 0 Å². The van der Waals surface area contributed by atoms with E-state index >= 15 is 0 Å². The van der Waals surface area contributed by atoms with Crippen LogP contribution in [0.1, 0.15) is 11.1 Å². The molecule has 6 heteroatoms. The van der Waals surface area contributed by atoms with Gasteiger partial charge in [0.2, 0.25) is 6.79 Å². The molecular weight excluding hydrogens is 336 g/mol. The van der Waals surface area contributed by atoms with Crippen LogP contribution in [0.4, 0.5) is 0 Å². The second-order valence-electron chi connectivity index (χ2n) is 6.75. The summed E-state index contributed by atoms with van der Waals surface area (Å²) in [4.78, 5) is 0. The molecule has 0 amide bonds. The maximum Gasteiger partial charge on any atom is 0.231 e. The number of phenolic OH excluding ortho intramolecular Hbond substituents is 1. The van der Waals surface area contributed by atoms with Crippen LogP contribution in [0.2, 0.25) is 0 Å². The number of phenols is 1. The zero-order chi connectivity index (χ0) is 18.1. The van der Waals surface area contributed by atoms with Crippen molar-refractivity contribution >= 4 is 0 Å². The van der Waals surface area contributed by atoms with E-state index < -0.39 is 6.29 Å². The van der Waals surface area contributed by atoms with E-state index in [-0.39, 0.29) is 24.4 Å². The van der Waals surface area contributed by atoms with Crippen molar-refractivity contribution in [1.29, 1.82) is 0 Å². The van der Waals surface area contributed by atoms with Gasteiger partial charge in [-0.25, -0.2) is 0 Å². The Labute approximate surface area is 151 Å². The Kier molecular flexibility index (Phi) is 4.61. The minimum absolute atomic E-state index is 0.0184. The molecule has 0 saturated carbocycles. The third-order valence-electron chi connectivity index (χ3n) is 5.10. The van der Waals surface area contributed by atoms with Gasteiger partial charge in [0.15, 0.2) is 29.3 Å². The van der Waals surface area contributed by atoms with Crippen LogP contribution in [0.3, 0.4) is 0 Å². The Hall–Kier alpha value is -2.44. The zero-order valence-corrected chi connectivity index (χ0v) is 14.6. The molecule has 0 spiro atoms. The molecule has 26 heavy (non-hydrogen) atoms. The first-order valence-corrected chi connectivity index (χ1v) is 8.68. The second-order valence-corrected chi connectivity index (χ2v) is 6.75. The lowest BCUT2D eigenvalue weighted by Gasteiger charge is -2.20. The van der Waals surface area contributed by atoms with E-state index in [1.54, 1.807) is 6.07 Å². The number of fused-ring (bicyclic) bond motifs is 1. The summed E-state index contributed by atoms with van der Waals surface area (Å²) >= 11 is 0. The number of aliphatic hydroxyl groups excluding tert-OH is 1. The summed E-state index contributed by atoms with van der Waals surface area (Å²) in [7, 11) is 1.53. The van der Waals surface area contributed by atoms with Gasteiger partial charge in [-0.05, 0) is 54.2 Å². The highest BCUT2D eigenvalue weighted by Crippen LogP contribution is 2.37. The number of hydrogen-bond acceptors (Lipinski definition) is 6. The first-order valence-electron chi connectivity index (χ1n) is 8.68. The summed E-state index contributed by atoms with van der Waals surface area (Å²) in [5.41, 5.74) is 2.12. The fourth-order valence-electron chi connectivity index (χ4n) is 3.67. The number of ether oxygens (including phenoxy) is 4. The first kappa shape index (κ1) is 17.0. The molecule has 0 bridgehead atoms. The van der Waals surface area contributed by atoms with Crippen LogP contribution >= 0.6 is 0 Å². The molecule has 0 radical (unpaired) electrons. The van der Waals surface area contributed by atoms with Gasteiger partial charge >= 0.3 is 0 Å². The third kappa shape index (κ3) is 3.30. The van der Waals surface area contributed by atoms with E-state index in [4.69, 9.17) is 18.9 Å². The molecule has 0 aliphatic carbocycles. The molecule has 2 aliphatic heterocycles. The molecule has 1 unspecified atom stereocenters. The number of aliphatic hydroxyl groups is 1. The molecule has 1 fully saturated rings. The van der Waals surface area contributed by atoms with E-state index in [0.29, 0.717) is 18.8 Å². The van der Waals surface area contributed by atoms with E-state index in [1.807, 2.05) is 30.3 Å². The van der Waals surface area contributed by atoms with Crippen LogP contribution in [-0.4, -0.2) is 37.0 Å². The Balaban J connectivity index is 1.49. The predicted octanol–water partition coefficient (Wildman–Crippen LogP) is 2.50. The van der Waals surface area contributed by atoms with Crippen molar-refractivity contribution in [1.82, 2.24) is 0 Å². The fraction of sp³-hybridized carbons (Fsp3) is 0.400. The molecule has 0 aromatic heterocycles. The number of aromatic hydroxyl groups is 1. The van der Waals surface area contributed by atoms with Gasteiger partial charge < -0.3 is 29.2 Å². The topological polar surface area (TPSA) is 77.4 Å². The number of rotatable bonds is 5. The average molecular weight is 358 g/mol. The fourth-order valence-corrected chi connectivity index (χ4v) is 3.67. The highest BCUT2D eigenvalue weighted by Gasteiger charge is 2.36. The number of benzene rings is 2. The second kappa shape index (κ2) is 7.05. The highest BCUT2D eigenvalue weighted by atomic mass is 16.7. The Bertz CT molecular complexity index is 790. The van der Waals surface area contributed by atoms with Gasteiger partial charge in [0.05, 0.1) is 13.7 Å². The molecule has 3 atom stereocenters. The van der Waals surface area contributed by atoms with Crippen LogP contribution in [0, 0.1) is 11.8 Å². The van der Waals surface area contributed by atoms with Crippen molar-refractivity contribution in [3.63, 3.8) is 0 Å². The Morgan fingerprint density at radius 3 is 2.65 bits per heavy atom. The SMILES string of the molecule is COc1cc(C[C@H]2COC(O)[C@@H]2Cc2ccc3c(c2)OCO3)ccc1O. The molecule has 2 aromatic rings. The molecule has 6 nitrogen and oxygen atoms in total. The molecular formula is C20H22O6. The lowest BCUT2D eigenvalue weighted by molar-refractivity contribution is -0.0820. The molecule has 138 valence electrons. The number of methoxy groups -OCH3 is 1. The number of hydrogen-bond donors (Lipinski definition) is 2. The predicted molar refractivity (Wildman–Crippen MR) is 93.6 cm³/mol. The normalized spacial score (nSPS) is 24.0. The van der Waals surface area contributed by atoms with Crippen molar-refractivity contribution in [3.8, 4) is 23.0 Å². The van der Waals surface area contributed by atoms with Gasteiger partial charge in [-0.2, -0.15) is 0 Å². The van der Waals surface area contributed by atoms with E-state index in [0.717, 1.165) is 29.0 Å². The summed E-state index contributed by atoms with van der Waals surface area (Å²) in [5.74, 6) is 2.23. The maximum atomic E-state index is 10.3. The third-order valence-corrected chi connectivity index (χ3v) is 5.10. The minimum Gasteiger partial charge on any atom is -0.504 e. The lowest BCUT2D eigenvalue weighted by Crippen LogP contribution is -2.24. The van der Waals surface area contributed by atoms with Crippen LogP contribution < -0.4 is 14.2 Å². The van der Waals surface area contributed by atoms with E-state index in [2.05, 4.69) is 0 Å². The van der Waals surface area contributed by atoms with Crippen LogP contribution in [-0.2, 0) is 17.6 Å². The highest BCUT2D eigenvalue weighted by molar-refractivity contribution is 5.45. The van der Waals surface area contributed by atoms with Crippen LogP contribution in [0.5, 0.6) is 23.0 Å². The molecule has 2 N–H and O–H groups in total. The average Bonchev–Trinajstić information content (AvgIpc) is 3.24. The van der Waals surface area contributed by atoms with Gasteiger partial charge in [-0.1, -0.05) is 12.1 Å². The molecule has 2 heterocycles. The van der Waals surface area contributed by atoms with Crippen molar-refractivity contribution in [2.45, 2.75) is 19.1 Å². The van der Waals surface area contributed by atoms with Gasteiger partial charge in [0, 0.05) is 5.92 Å². The summed E-state index contributed by atoms with van der Waals surface area (Å²) in [6.45, 7) is 0.749. The summed E-state index contributed by atoms with van der Waals surface area (Å²) in [6, 6.07) is 11.2. The maximum absolute atomic E-state index is 10.3. The van der Waals surface area contributed by atoms with E-state index in [9.17, 15) is 10.2 Å². The first-order chi connectivity index (χ1) is 12.6. The van der Waals surface area contributed by atoms with Crippen LogP contribution in [0.25, 0.3) is 0 Å². The lowest BCUT2D eigenvalue weighted by atomic mass is 9.84. The minimum atomic E-state index is -0.788. The summed E-state index contributed by atoms with van der Waals surface area (Å²) in [5, 5.41) is 20.0. The smallest absolute Gasteiger partial charge is 0.231 e. The van der Waals surface area contributed by atoms with Crippen molar-refractivity contribution < 1.29 is 29.2 Å². The Morgan fingerprint density at radius 2 is 1.81 bits per heavy atom. The molecule has 2 aromatic carbocycles. The quantitative estimate of drug-likeness (QED) is 0.855. The van der Waals surface area contributed by atoms with Gasteiger partial charge in [-0.3, -0.25) is 0 Å². The van der Waals surface area contributed by atoms with E-state index in [1.165, 1.54) is 7.11 Å². The monoisotopic (exact) mass is 358 g/mol. The van der Waals surface area contributed by atoms with Crippen LogP contribution in [0.15, 0.2) is 36.4 Å². The Morgan fingerprint density at radius 1 is 1.04 bits per heavy atom. The zero-order valence-electron chi connectivity index (χ0n) is 14.6. The summed E-state index contributed by atoms with van der Waals surface area (Å²) in [6.07, 6.45) is 0.644. The van der Waals surface area contributed by atoms with Crippen molar-refractivity contribution in [2.24, 2.45) is 11.8 Å². The summed E-state index contributed by atoms with van der Waals surface area (Å²) < 4.78 is 21.5. The largest absolute Gasteiger partial charge is 0.504 e. The molecule has 2 aliphatic rings. The van der Waals surface area contributed by atoms with Gasteiger partial charge in [-0.15, -0.1) is 0 Å². The van der Waals surface area contributed by atoms with Gasteiger partial charge in [0.1, 0.15) is 0 Å².